The van der Waals surface area contributed by atoms with Crippen molar-refractivity contribution in [2.45, 2.75) is 26.4 Å². The van der Waals surface area contributed by atoms with Crippen LogP contribution in [0.5, 0.6) is 5.75 Å². The molecule has 0 aliphatic heterocycles. The summed E-state index contributed by atoms with van der Waals surface area (Å²) in [4.78, 5) is 11.4. The summed E-state index contributed by atoms with van der Waals surface area (Å²) in [6.07, 6.45) is 0.181. The average Bonchev–Trinajstić information content (AvgIpc) is 2.25. The molecule has 4 heteroatoms. The van der Waals surface area contributed by atoms with Gasteiger partial charge in [0.1, 0.15) is 5.75 Å². The van der Waals surface area contributed by atoms with Gasteiger partial charge in [0.05, 0.1) is 6.61 Å². The fourth-order valence-electron chi connectivity index (χ4n) is 1.11. The second kappa shape index (κ2) is 6.38. The molecule has 1 aromatic carbocycles. The molecule has 1 aromatic rings. The van der Waals surface area contributed by atoms with Crippen molar-refractivity contribution >= 4 is 17.6 Å². The third kappa shape index (κ3) is 4.11. The number of rotatable bonds is 5. The number of ether oxygens (including phenoxy) is 2. The fourth-order valence-corrected chi connectivity index (χ4v) is 1.29. The molecule has 0 N–H and O–H groups in total. The lowest BCUT2D eigenvalue weighted by molar-refractivity contribution is -0.151. The normalized spacial score (nSPS) is 11.9. The van der Waals surface area contributed by atoms with Gasteiger partial charge in [-0.1, -0.05) is 24.6 Å². The maximum Gasteiger partial charge on any atom is 0.347 e. The third-order valence-corrected chi connectivity index (χ3v) is 2.12. The first kappa shape index (κ1) is 12.8. The summed E-state index contributed by atoms with van der Waals surface area (Å²) in [5, 5.41) is 0.576. The first-order valence-corrected chi connectivity index (χ1v) is 5.60. The van der Waals surface area contributed by atoms with Crippen LogP contribution < -0.4 is 4.74 Å². The van der Waals surface area contributed by atoms with Crippen molar-refractivity contribution in [2.75, 3.05) is 6.61 Å². The Morgan fingerprint density at radius 1 is 1.50 bits per heavy atom. The van der Waals surface area contributed by atoms with Gasteiger partial charge in [0.25, 0.3) is 0 Å². The van der Waals surface area contributed by atoms with Gasteiger partial charge in [0.2, 0.25) is 0 Å². The number of esters is 1. The second-order valence-electron chi connectivity index (χ2n) is 3.38. The number of halogens is 1. The van der Waals surface area contributed by atoms with Crippen LogP contribution in [-0.4, -0.2) is 18.7 Å². The van der Waals surface area contributed by atoms with Gasteiger partial charge < -0.3 is 9.47 Å². The summed E-state index contributed by atoms with van der Waals surface area (Å²) in [6, 6.07) is 6.91. The lowest BCUT2D eigenvalue weighted by Crippen LogP contribution is -2.26. The van der Waals surface area contributed by atoms with Gasteiger partial charge in [0, 0.05) is 5.02 Å². The molecule has 0 bridgehead atoms. The molecule has 0 aliphatic rings. The minimum Gasteiger partial charge on any atom is -0.479 e. The Labute approximate surface area is 100 Å². The van der Waals surface area contributed by atoms with E-state index in [1.165, 1.54) is 0 Å². The van der Waals surface area contributed by atoms with Gasteiger partial charge in [-0.2, -0.15) is 0 Å². The van der Waals surface area contributed by atoms with Gasteiger partial charge in [-0.25, -0.2) is 4.79 Å². The van der Waals surface area contributed by atoms with Crippen LogP contribution in [0.1, 0.15) is 20.3 Å². The molecule has 88 valence electrons. The summed E-state index contributed by atoms with van der Waals surface area (Å²) in [5.74, 6) is 0.204. The molecule has 0 aliphatic carbocycles. The molecule has 1 atom stereocenters. The van der Waals surface area contributed by atoms with Crippen molar-refractivity contribution in [3.05, 3.63) is 29.3 Å². The molecule has 1 unspecified atom stereocenters. The van der Waals surface area contributed by atoms with E-state index >= 15 is 0 Å². The summed E-state index contributed by atoms with van der Waals surface area (Å²) in [5.41, 5.74) is 0. The van der Waals surface area contributed by atoms with Crippen molar-refractivity contribution in [1.29, 1.82) is 0 Å². The zero-order valence-corrected chi connectivity index (χ0v) is 10.2. The van der Waals surface area contributed by atoms with Crippen LogP contribution in [0.15, 0.2) is 24.3 Å². The molecular weight excluding hydrogens is 228 g/mol. The number of benzene rings is 1. The van der Waals surface area contributed by atoms with Gasteiger partial charge in [0.15, 0.2) is 6.10 Å². The van der Waals surface area contributed by atoms with Crippen molar-refractivity contribution in [3.8, 4) is 5.75 Å². The smallest absolute Gasteiger partial charge is 0.347 e. The van der Waals surface area contributed by atoms with Crippen LogP contribution in [0.3, 0.4) is 0 Å². The topological polar surface area (TPSA) is 35.5 Å². The highest BCUT2D eigenvalue weighted by Gasteiger charge is 2.15. The number of carbonyl (C=O) groups excluding carboxylic acids is 1. The van der Waals surface area contributed by atoms with Crippen LogP contribution >= 0.6 is 11.6 Å². The first-order chi connectivity index (χ1) is 7.63. The Bertz CT molecular complexity index is 352. The van der Waals surface area contributed by atoms with E-state index < -0.39 is 6.10 Å². The molecule has 0 saturated heterocycles. The zero-order chi connectivity index (χ0) is 12.0. The standard InChI is InChI=1S/C12H15ClO3/c1-3-7-15-12(14)9(2)16-11-6-4-5-10(13)8-11/h4-6,8-9H,3,7H2,1-2H3. The minimum atomic E-state index is -0.620. The minimum absolute atomic E-state index is 0.359. The van der Waals surface area contributed by atoms with E-state index in [0.29, 0.717) is 17.4 Å². The quantitative estimate of drug-likeness (QED) is 0.745. The monoisotopic (exact) mass is 242 g/mol. The predicted molar refractivity (Wildman–Crippen MR) is 62.8 cm³/mol. The van der Waals surface area contributed by atoms with Crippen molar-refractivity contribution in [2.24, 2.45) is 0 Å². The molecular formula is C12H15ClO3. The molecule has 0 aromatic heterocycles. The highest BCUT2D eigenvalue weighted by atomic mass is 35.5. The van der Waals surface area contributed by atoms with E-state index in [1.807, 2.05) is 6.92 Å². The maximum absolute atomic E-state index is 11.4. The van der Waals surface area contributed by atoms with Crippen LogP contribution in [-0.2, 0) is 9.53 Å². The molecule has 0 fully saturated rings. The van der Waals surface area contributed by atoms with Gasteiger partial charge in [-0.3, -0.25) is 0 Å². The largest absolute Gasteiger partial charge is 0.479 e. The fraction of sp³-hybridized carbons (Fsp3) is 0.417. The van der Waals surface area contributed by atoms with Crippen molar-refractivity contribution in [3.63, 3.8) is 0 Å². The summed E-state index contributed by atoms with van der Waals surface area (Å²) in [6.45, 7) is 4.01. The van der Waals surface area contributed by atoms with E-state index in [2.05, 4.69) is 0 Å². The molecule has 1 rings (SSSR count). The number of carbonyl (C=O) groups is 1. The molecule has 0 amide bonds. The van der Waals surface area contributed by atoms with E-state index in [4.69, 9.17) is 21.1 Å². The first-order valence-electron chi connectivity index (χ1n) is 5.22. The van der Waals surface area contributed by atoms with Gasteiger partial charge >= 0.3 is 5.97 Å². The average molecular weight is 243 g/mol. The van der Waals surface area contributed by atoms with Crippen LogP contribution in [0.2, 0.25) is 5.02 Å². The van der Waals surface area contributed by atoms with E-state index in [9.17, 15) is 4.79 Å². The van der Waals surface area contributed by atoms with Crippen LogP contribution in [0.4, 0.5) is 0 Å². The van der Waals surface area contributed by atoms with Crippen LogP contribution in [0.25, 0.3) is 0 Å². The predicted octanol–water partition coefficient (Wildman–Crippen LogP) is 3.06. The van der Waals surface area contributed by atoms with E-state index in [-0.39, 0.29) is 5.97 Å². The van der Waals surface area contributed by atoms with Crippen LogP contribution in [0, 0.1) is 0 Å². The van der Waals surface area contributed by atoms with Gasteiger partial charge in [-0.15, -0.1) is 0 Å². The molecule has 0 radical (unpaired) electrons. The molecule has 0 heterocycles. The zero-order valence-electron chi connectivity index (χ0n) is 9.40. The molecule has 16 heavy (non-hydrogen) atoms. The number of hydrogen-bond acceptors (Lipinski definition) is 3. The molecule has 0 saturated carbocycles. The Morgan fingerprint density at radius 3 is 2.88 bits per heavy atom. The van der Waals surface area contributed by atoms with E-state index in [0.717, 1.165) is 6.42 Å². The summed E-state index contributed by atoms with van der Waals surface area (Å²) >= 11 is 5.80. The SMILES string of the molecule is CCCOC(=O)C(C)Oc1cccc(Cl)c1. The maximum atomic E-state index is 11.4. The van der Waals surface area contributed by atoms with Crippen molar-refractivity contribution in [1.82, 2.24) is 0 Å². The number of hydrogen-bond donors (Lipinski definition) is 0. The summed E-state index contributed by atoms with van der Waals surface area (Å²) in [7, 11) is 0. The Balaban J connectivity index is 2.50. The van der Waals surface area contributed by atoms with Crippen molar-refractivity contribution < 1.29 is 14.3 Å². The Kier molecular flexibility index (Phi) is 5.12. The lowest BCUT2D eigenvalue weighted by atomic mass is 10.3. The molecule has 0 spiro atoms. The molecule has 3 nitrogen and oxygen atoms in total. The Hall–Kier alpha value is -1.22. The second-order valence-corrected chi connectivity index (χ2v) is 3.82. The summed E-state index contributed by atoms with van der Waals surface area (Å²) < 4.78 is 10.4. The highest BCUT2D eigenvalue weighted by molar-refractivity contribution is 6.30. The lowest BCUT2D eigenvalue weighted by Gasteiger charge is -2.13. The Morgan fingerprint density at radius 2 is 2.25 bits per heavy atom. The third-order valence-electron chi connectivity index (χ3n) is 1.89. The van der Waals surface area contributed by atoms with E-state index in [1.54, 1.807) is 31.2 Å². The highest BCUT2D eigenvalue weighted by Crippen LogP contribution is 2.18. The van der Waals surface area contributed by atoms with Gasteiger partial charge in [-0.05, 0) is 31.5 Å².